The number of benzene rings is 2. The van der Waals surface area contributed by atoms with Gasteiger partial charge in [-0.25, -0.2) is 0 Å². The van der Waals surface area contributed by atoms with E-state index in [9.17, 15) is 13.2 Å². The molecular formula is C16H11F3N2O. The summed E-state index contributed by atoms with van der Waals surface area (Å²) in [6.07, 6.45) is -4.40. The summed E-state index contributed by atoms with van der Waals surface area (Å²) < 4.78 is 43.4. The first-order valence-corrected chi connectivity index (χ1v) is 6.52. The highest BCUT2D eigenvalue weighted by Gasteiger charge is 2.30. The third kappa shape index (κ3) is 2.72. The van der Waals surface area contributed by atoms with Crippen LogP contribution in [0.25, 0.3) is 22.8 Å². The Morgan fingerprint density at radius 2 is 1.77 bits per heavy atom. The molecule has 0 saturated heterocycles. The number of halogens is 3. The van der Waals surface area contributed by atoms with Crippen molar-refractivity contribution in [2.75, 3.05) is 0 Å². The first-order chi connectivity index (χ1) is 10.4. The molecule has 0 amide bonds. The zero-order valence-electron chi connectivity index (χ0n) is 11.6. The Kier molecular flexibility index (Phi) is 3.44. The van der Waals surface area contributed by atoms with Gasteiger partial charge in [0.25, 0.3) is 5.89 Å². The largest absolute Gasteiger partial charge is 0.416 e. The molecule has 3 aromatic rings. The molecule has 2 aromatic carbocycles. The lowest BCUT2D eigenvalue weighted by Crippen LogP contribution is -2.04. The normalized spacial score (nSPS) is 11.6. The van der Waals surface area contributed by atoms with Crippen molar-refractivity contribution < 1.29 is 17.7 Å². The summed E-state index contributed by atoms with van der Waals surface area (Å²) in [5.41, 5.74) is 1.22. The lowest BCUT2D eigenvalue weighted by Gasteiger charge is -2.06. The Labute approximate surface area is 124 Å². The van der Waals surface area contributed by atoms with Gasteiger partial charge in [0, 0.05) is 11.1 Å². The molecule has 0 saturated carbocycles. The molecule has 0 aliphatic heterocycles. The van der Waals surface area contributed by atoms with Crippen LogP contribution >= 0.6 is 0 Å². The fourth-order valence-electron chi connectivity index (χ4n) is 2.10. The van der Waals surface area contributed by atoms with Gasteiger partial charge in [0.2, 0.25) is 5.82 Å². The van der Waals surface area contributed by atoms with Crippen LogP contribution in [-0.2, 0) is 6.18 Å². The van der Waals surface area contributed by atoms with Crippen LogP contribution in [0, 0.1) is 6.92 Å². The molecule has 0 spiro atoms. The van der Waals surface area contributed by atoms with Crippen molar-refractivity contribution in [1.82, 2.24) is 10.1 Å². The molecule has 0 aliphatic rings. The average molecular weight is 304 g/mol. The van der Waals surface area contributed by atoms with E-state index in [0.29, 0.717) is 0 Å². The molecule has 0 aliphatic carbocycles. The van der Waals surface area contributed by atoms with E-state index >= 15 is 0 Å². The standard InChI is InChI=1S/C16H11F3N2O/c1-10-5-2-3-8-13(10)15-20-14(21-22-15)11-6-4-7-12(9-11)16(17,18)19/h2-9H,1H3. The zero-order valence-corrected chi connectivity index (χ0v) is 11.6. The molecule has 0 bridgehead atoms. The summed E-state index contributed by atoms with van der Waals surface area (Å²) in [6, 6.07) is 12.3. The van der Waals surface area contributed by atoms with E-state index in [2.05, 4.69) is 10.1 Å². The number of aromatic nitrogens is 2. The number of hydrogen-bond donors (Lipinski definition) is 0. The maximum absolute atomic E-state index is 12.7. The highest BCUT2D eigenvalue weighted by molar-refractivity contribution is 5.62. The van der Waals surface area contributed by atoms with Crippen LogP contribution in [0.15, 0.2) is 53.1 Å². The minimum Gasteiger partial charge on any atom is -0.334 e. The van der Waals surface area contributed by atoms with Crippen LogP contribution in [0.5, 0.6) is 0 Å². The molecule has 0 fully saturated rings. The van der Waals surface area contributed by atoms with Gasteiger partial charge in [0.1, 0.15) is 0 Å². The van der Waals surface area contributed by atoms with Crippen molar-refractivity contribution in [3.63, 3.8) is 0 Å². The van der Waals surface area contributed by atoms with E-state index in [1.165, 1.54) is 12.1 Å². The van der Waals surface area contributed by atoms with Gasteiger partial charge in [-0.2, -0.15) is 18.2 Å². The highest BCUT2D eigenvalue weighted by atomic mass is 19.4. The Morgan fingerprint density at radius 3 is 2.50 bits per heavy atom. The predicted molar refractivity (Wildman–Crippen MR) is 74.9 cm³/mol. The van der Waals surface area contributed by atoms with Crippen molar-refractivity contribution in [3.05, 3.63) is 59.7 Å². The molecule has 22 heavy (non-hydrogen) atoms. The van der Waals surface area contributed by atoms with E-state index in [1.807, 2.05) is 31.2 Å². The van der Waals surface area contributed by atoms with E-state index in [-0.39, 0.29) is 17.3 Å². The fourth-order valence-corrected chi connectivity index (χ4v) is 2.10. The fraction of sp³-hybridized carbons (Fsp3) is 0.125. The van der Waals surface area contributed by atoms with Crippen LogP contribution in [-0.4, -0.2) is 10.1 Å². The van der Waals surface area contributed by atoms with Crippen LogP contribution in [0.3, 0.4) is 0 Å². The first kappa shape index (κ1) is 14.3. The summed E-state index contributed by atoms with van der Waals surface area (Å²) in [7, 11) is 0. The minimum atomic E-state index is -4.40. The lowest BCUT2D eigenvalue weighted by atomic mass is 10.1. The molecule has 0 N–H and O–H groups in total. The van der Waals surface area contributed by atoms with Crippen molar-refractivity contribution in [2.24, 2.45) is 0 Å². The van der Waals surface area contributed by atoms with E-state index in [1.54, 1.807) is 0 Å². The van der Waals surface area contributed by atoms with Gasteiger partial charge in [-0.3, -0.25) is 0 Å². The predicted octanol–water partition coefficient (Wildman–Crippen LogP) is 4.73. The summed E-state index contributed by atoms with van der Waals surface area (Å²) in [6.45, 7) is 1.89. The van der Waals surface area contributed by atoms with E-state index in [4.69, 9.17) is 4.52 Å². The number of aryl methyl sites for hydroxylation is 1. The van der Waals surface area contributed by atoms with Crippen molar-refractivity contribution >= 4 is 0 Å². The second-order valence-corrected chi connectivity index (χ2v) is 4.82. The van der Waals surface area contributed by atoms with Crippen molar-refractivity contribution in [1.29, 1.82) is 0 Å². The summed E-state index contributed by atoms with van der Waals surface area (Å²) >= 11 is 0. The molecule has 1 heterocycles. The Bertz CT molecular complexity index is 809. The quantitative estimate of drug-likeness (QED) is 0.687. The Balaban J connectivity index is 2.00. The van der Waals surface area contributed by atoms with Gasteiger partial charge in [-0.05, 0) is 30.7 Å². The third-order valence-corrected chi connectivity index (χ3v) is 3.25. The topological polar surface area (TPSA) is 38.9 Å². The molecule has 6 heteroatoms. The van der Waals surface area contributed by atoms with Crippen LogP contribution in [0.1, 0.15) is 11.1 Å². The van der Waals surface area contributed by atoms with Crippen molar-refractivity contribution in [2.45, 2.75) is 13.1 Å². The molecule has 3 nitrogen and oxygen atoms in total. The second kappa shape index (κ2) is 5.29. The maximum atomic E-state index is 12.7. The molecule has 0 radical (unpaired) electrons. The van der Waals surface area contributed by atoms with Gasteiger partial charge in [0.15, 0.2) is 0 Å². The molecule has 3 rings (SSSR count). The number of alkyl halides is 3. The van der Waals surface area contributed by atoms with Gasteiger partial charge < -0.3 is 4.52 Å². The molecule has 0 unspecified atom stereocenters. The number of hydrogen-bond acceptors (Lipinski definition) is 3. The third-order valence-electron chi connectivity index (χ3n) is 3.25. The summed E-state index contributed by atoms with van der Waals surface area (Å²) in [4.78, 5) is 4.19. The van der Waals surface area contributed by atoms with Gasteiger partial charge in [0.05, 0.1) is 5.56 Å². The summed E-state index contributed by atoms with van der Waals surface area (Å²) in [5.74, 6) is 0.412. The zero-order chi connectivity index (χ0) is 15.7. The SMILES string of the molecule is Cc1ccccc1-c1nc(-c2cccc(C(F)(F)F)c2)no1. The Hall–Kier alpha value is -2.63. The first-order valence-electron chi connectivity index (χ1n) is 6.52. The molecular weight excluding hydrogens is 293 g/mol. The average Bonchev–Trinajstić information content (AvgIpc) is 2.97. The summed E-state index contributed by atoms with van der Waals surface area (Å²) in [5, 5.41) is 3.77. The van der Waals surface area contributed by atoms with Crippen LogP contribution in [0.2, 0.25) is 0 Å². The van der Waals surface area contributed by atoms with Crippen LogP contribution in [0.4, 0.5) is 13.2 Å². The number of rotatable bonds is 2. The monoisotopic (exact) mass is 304 g/mol. The van der Waals surface area contributed by atoms with Gasteiger partial charge in [-0.15, -0.1) is 0 Å². The minimum absolute atomic E-state index is 0.129. The molecule has 1 aromatic heterocycles. The maximum Gasteiger partial charge on any atom is 0.416 e. The van der Waals surface area contributed by atoms with Crippen LogP contribution < -0.4 is 0 Å². The smallest absolute Gasteiger partial charge is 0.334 e. The number of nitrogens with zero attached hydrogens (tertiary/aromatic N) is 2. The van der Waals surface area contributed by atoms with Gasteiger partial charge in [-0.1, -0.05) is 35.5 Å². The Morgan fingerprint density at radius 1 is 1.00 bits per heavy atom. The van der Waals surface area contributed by atoms with Gasteiger partial charge >= 0.3 is 6.18 Å². The molecule has 112 valence electrons. The lowest BCUT2D eigenvalue weighted by molar-refractivity contribution is -0.137. The highest BCUT2D eigenvalue weighted by Crippen LogP contribution is 2.32. The van der Waals surface area contributed by atoms with Crippen molar-refractivity contribution in [3.8, 4) is 22.8 Å². The second-order valence-electron chi connectivity index (χ2n) is 4.82. The van der Waals surface area contributed by atoms with E-state index < -0.39 is 11.7 Å². The van der Waals surface area contributed by atoms with E-state index in [0.717, 1.165) is 23.3 Å². The molecule has 0 atom stereocenters.